The van der Waals surface area contributed by atoms with Crippen molar-refractivity contribution in [3.8, 4) is 0 Å². The number of amides is 1. The highest BCUT2D eigenvalue weighted by molar-refractivity contribution is 5.77. The topological polar surface area (TPSA) is 63.3 Å². The average molecular weight is 342 g/mol. The first-order valence-electron chi connectivity index (χ1n) is 9.28. The molecule has 1 aliphatic carbocycles. The number of hydrogen-bond acceptors (Lipinski definition) is 4. The Morgan fingerprint density at radius 3 is 3.00 bits per heavy atom. The van der Waals surface area contributed by atoms with Crippen LogP contribution in [-0.2, 0) is 24.3 Å². The molecule has 0 radical (unpaired) electrons. The van der Waals surface area contributed by atoms with Gasteiger partial charge in [-0.2, -0.15) is 0 Å². The molecule has 2 aromatic heterocycles. The summed E-state index contributed by atoms with van der Waals surface area (Å²) in [5.74, 6) is 2.71. The molecule has 2 aromatic rings. The van der Waals surface area contributed by atoms with E-state index in [4.69, 9.17) is 9.40 Å². The number of carbonyl (C=O) groups excluding carboxylic acids is 1. The van der Waals surface area contributed by atoms with E-state index in [1.165, 1.54) is 25.8 Å². The van der Waals surface area contributed by atoms with Crippen molar-refractivity contribution in [1.29, 1.82) is 0 Å². The molecule has 1 aliphatic heterocycles. The first-order valence-corrected chi connectivity index (χ1v) is 9.28. The SMILES string of the molecule is CC1c2nc(CC(=O)NCc3ccco3)cn2CCN1CC1CCC1. The maximum Gasteiger partial charge on any atom is 0.226 e. The fraction of sp³-hybridized carbons (Fsp3) is 0.579. The van der Waals surface area contributed by atoms with Crippen LogP contribution in [0.2, 0.25) is 0 Å². The van der Waals surface area contributed by atoms with E-state index < -0.39 is 0 Å². The van der Waals surface area contributed by atoms with E-state index in [1.54, 1.807) is 6.26 Å². The summed E-state index contributed by atoms with van der Waals surface area (Å²) in [6.45, 7) is 5.88. The van der Waals surface area contributed by atoms with E-state index in [-0.39, 0.29) is 5.91 Å². The zero-order valence-corrected chi connectivity index (χ0v) is 14.8. The molecule has 6 nitrogen and oxygen atoms in total. The number of hydrogen-bond donors (Lipinski definition) is 1. The van der Waals surface area contributed by atoms with Gasteiger partial charge in [-0.25, -0.2) is 4.98 Å². The zero-order chi connectivity index (χ0) is 17.2. The van der Waals surface area contributed by atoms with Gasteiger partial charge in [-0.05, 0) is 37.8 Å². The van der Waals surface area contributed by atoms with Crippen molar-refractivity contribution < 1.29 is 9.21 Å². The van der Waals surface area contributed by atoms with Crippen LogP contribution in [0.3, 0.4) is 0 Å². The fourth-order valence-electron chi connectivity index (χ4n) is 3.76. The second-order valence-electron chi connectivity index (χ2n) is 7.28. The van der Waals surface area contributed by atoms with Crippen molar-refractivity contribution in [3.05, 3.63) is 41.9 Å². The first kappa shape index (κ1) is 16.4. The Bertz CT molecular complexity index is 718. The second kappa shape index (κ2) is 7.04. The van der Waals surface area contributed by atoms with Gasteiger partial charge in [-0.15, -0.1) is 0 Å². The standard InChI is InChI=1S/C19H26N4O2/c1-14-19-21-16(10-18(24)20-11-17-6-3-9-25-17)13-23(19)8-7-22(14)12-15-4-2-5-15/h3,6,9,13-15H,2,4-5,7-8,10-12H2,1H3,(H,20,24). The Balaban J connectivity index is 1.35. The molecule has 0 saturated heterocycles. The molecule has 3 heterocycles. The average Bonchev–Trinajstić information content (AvgIpc) is 3.20. The van der Waals surface area contributed by atoms with Crippen molar-refractivity contribution in [1.82, 2.24) is 19.8 Å². The quantitative estimate of drug-likeness (QED) is 0.876. The monoisotopic (exact) mass is 342 g/mol. The van der Waals surface area contributed by atoms with E-state index in [0.717, 1.165) is 36.3 Å². The van der Waals surface area contributed by atoms with Gasteiger partial charge in [0.05, 0.1) is 31.0 Å². The molecule has 0 aromatic carbocycles. The summed E-state index contributed by atoms with van der Waals surface area (Å²) in [5.41, 5.74) is 0.851. The van der Waals surface area contributed by atoms with Crippen molar-refractivity contribution in [2.45, 2.75) is 51.7 Å². The van der Waals surface area contributed by atoms with Gasteiger partial charge in [-0.1, -0.05) is 6.42 Å². The molecule has 1 saturated carbocycles. The normalized spacial score (nSPS) is 20.9. The number of nitrogens with one attached hydrogen (secondary N) is 1. The van der Waals surface area contributed by atoms with E-state index in [1.807, 2.05) is 18.3 Å². The molecule has 6 heteroatoms. The van der Waals surface area contributed by atoms with Gasteiger partial charge in [-0.3, -0.25) is 9.69 Å². The van der Waals surface area contributed by atoms with Crippen LogP contribution in [0.5, 0.6) is 0 Å². The van der Waals surface area contributed by atoms with Crippen LogP contribution in [0.25, 0.3) is 0 Å². The van der Waals surface area contributed by atoms with E-state index in [2.05, 4.69) is 21.7 Å². The highest BCUT2D eigenvalue weighted by Crippen LogP contribution is 2.32. The van der Waals surface area contributed by atoms with Gasteiger partial charge in [0, 0.05) is 25.8 Å². The largest absolute Gasteiger partial charge is 0.467 e. The number of furan rings is 1. The van der Waals surface area contributed by atoms with E-state index in [0.29, 0.717) is 19.0 Å². The molecule has 0 bridgehead atoms. The van der Waals surface area contributed by atoms with Crippen LogP contribution in [-0.4, -0.2) is 33.4 Å². The molecule has 134 valence electrons. The Morgan fingerprint density at radius 2 is 2.28 bits per heavy atom. The maximum atomic E-state index is 12.1. The minimum Gasteiger partial charge on any atom is -0.467 e. The summed E-state index contributed by atoms with van der Waals surface area (Å²) in [7, 11) is 0. The summed E-state index contributed by atoms with van der Waals surface area (Å²) in [5, 5.41) is 2.88. The lowest BCUT2D eigenvalue weighted by molar-refractivity contribution is -0.120. The Hall–Kier alpha value is -2.08. The molecule has 1 unspecified atom stereocenters. The van der Waals surface area contributed by atoms with Gasteiger partial charge in [0.2, 0.25) is 5.91 Å². The lowest BCUT2D eigenvalue weighted by Gasteiger charge is -2.38. The molecular weight excluding hydrogens is 316 g/mol. The van der Waals surface area contributed by atoms with Gasteiger partial charge in [0.1, 0.15) is 11.6 Å². The summed E-state index contributed by atoms with van der Waals surface area (Å²) in [6.07, 6.45) is 8.10. The third-order valence-corrected chi connectivity index (χ3v) is 5.51. The smallest absolute Gasteiger partial charge is 0.226 e. The van der Waals surface area contributed by atoms with Gasteiger partial charge >= 0.3 is 0 Å². The molecule has 25 heavy (non-hydrogen) atoms. The number of carbonyl (C=O) groups is 1. The number of imidazole rings is 1. The molecule has 2 aliphatic rings. The lowest BCUT2D eigenvalue weighted by Crippen LogP contribution is -2.41. The Kier molecular flexibility index (Phi) is 4.61. The number of rotatable bonds is 6. The van der Waals surface area contributed by atoms with Crippen LogP contribution in [0, 0.1) is 5.92 Å². The van der Waals surface area contributed by atoms with Crippen molar-refractivity contribution in [3.63, 3.8) is 0 Å². The number of aromatic nitrogens is 2. The van der Waals surface area contributed by atoms with Crippen LogP contribution < -0.4 is 5.32 Å². The second-order valence-corrected chi connectivity index (χ2v) is 7.28. The maximum absolute atomic E-state index is 12.1. The van der Waals surface area contributed by atoms with Crippen LogP contribution in [0.15, 0.2) is 29.0 Å². The van der Waals surface area contributed by atoms with Crippen LogP contribution >= 0.6 is 0 Å². The summed E-state index contributed by atoms with van der Waals surface area (Å²) < 4.78 is 7.45. The zero-order valence-electron chi connectivity index (χ0n) is 14.8. The van der Waals surface area contributed by atoms with Crippen molar-refractivity contribution >= 4 is 5.91 Å². The van der Waals surface area contributed by atoms with Gasteiger partial charge in [0.25, 0.3) is 0 Å². The van der Waals surface area contributed by atoms with Crippen LogP contribution in [0.1, 0.15) is 49.5 Å². The van der Waals surface area contributed by atoms with Gasteiger partial charge < -0.3 is 14.3 Å². The minimum absolute atomic E-state index is 0.0224. The molecule has 1 N–H and O–H groups in total. The highest BCUT2D eigenvalue weighted by atomic mass is 16.3. The third kappa shape index (κ3) is 3.63. The Morgan fingerprint density at radius 1 is 1.40 bits per heavy atom. The summed E-state index contributed by atoms with van der Waals surface area (Å²) in [4.78, 5) is 19.4. The van der Waals surface area contributed by atoms with Crippen LogP contribution in [0.4, 0.5) is 0 Å². The van der Waals surface area contributed by atoms with Crippen molar-refractivity contribution in [2.75, 3.05) is 13.1 Å². The molecule has 1 atom stereocenters. The molecule has 0 spiro atoms. The molecule has 1 fully saturated rings. The molecule has 1 amide bonds. The fourth-order valence-corrected chi connectivity index (χ4v) is 3.76. The molecule has 4 rings (SSSR count). The van der Waals surface area contributed by atoms with Crippen molar-refractivity contribution in [2.24, 2.45) is 5.92 Å². The predicted molar refractivity (Wildman–Crippen MR) is 93.8 cm³/mol. The van der Waals surface area contributed by atoms with Gasteiger partial charge in [0.15, 0.2) is 0 Å². The highest BCUT2D eigenvalue weighted by Gasteiger charge is 2.29. The third-order valence-electron chi connectivity index (χ3n) is 5.51. The Labute approximate surface area is 148 Å². The summed E-state index contributed by atoms with van der Waals surface area (Å²) >= 11 is 0. The predicted octanol–water partition coefficient (Wildman–Crippen LogP) is 2.51. The van der Waals surface area contributed by atoms with E-state index in [9.17, 15) is 4.79 Å². The molecular formula is C19H26N4O2. The minimum atomic E-state index is -0.0224. The first-order chi connectivity index (χ1) is 12.2. The number of nitrogens with zero attached hydrogens (tertiary/aromatic N) is 3. The summed E-state index contributed by atoms with van der Waals surface area (Å²) in [6, 6.07) is 4.00. The van der Waals surface area contributed by atoms with E-state index >= 15 is 0 Å². The lowest BCUT2D eigenvalue weighted by atomic mass is 9.84. The number of fused-ring (bicyclic) bond motifs is 1.